The van der Waals surface area contributed by atoms with Crippen molar-refractivity contribution in [2.24, 2.45) is 0 Å². The molecule has 1 atom stereocenters. The highest BCUT2D eigenvalue weighted by molar-refractivity contribution is 5.76. The van der Waals surface area contributed by atoms with Gasteiger partial charge in [-0.25, -0.2) is 0 Å². The van der Waals surface area contributed by atoms with Gasteiger partial charge in [0, 0.05) is 6.04 Å². The van der Waals surface area contributed by atoms with E-state index in [2.05, 4.69) is 5.32 Å². The summed E-state index contributed by atoms with van der Waals surface area (Å²) in [5.74, 6) is 0.851. The first-order valence-corrected chi connectivity index (χ1v) is 5.69. The second-order valence-corrected chi connectivity index (χ2v) is 3.79. The molecule has 0 saturated carbocycles. The van der Waals surface area contributed by atoms with Gasteiger partial charge in [0.05, 0.1) is 13.0 Å². The van der Waals surface area contributed by atoms with Gasteiger partial charge in [-0.3, -0.25) is 4.79 Å². The van der Waals surface area contributed by atoms with E-state index < -0.39 is 0 Å². The van der Waals surface area contributed by atoms with Gasteiger partial charge in [0.15, 0.2) is 0 Å². The summed E-state index contributed by atoms with van der Waals surface area (Å²) < 4.78 is 5.43. The van der Waals surface area contributed by atoms with Crippen molar-refractivity contribution in [2.75, 3.05) is 6.61 Å². The van der Waals surface area contributed by atoms with Gasteiger partial charge in [-0.15, -0.1) is 0 Å². The van der Waals surface area contributed by atoms with Crippen LogP contribution < -0.4 is 10.1 Å². The van der Waals surface area contributed by atoms with Crippen molar-refractivity contribution >= 4 is 5.91 Å². The van der Waals surface area contributed by atoms with Gasteiger partial charge in [-0.05, 0) is 25.5 Å². The SMILES string of the molecule is CCC(C)NC(=O)CCOc1ccccc1. The number of amides is 1. The van der Waals surface area contributed by atoms with Crippen LogP contribution in [0.2, 0.25) is 0 Å². The van der Waals surface area contributed by atoms with Crippen LogP contribution in [0.25, 0.3) is 0 Å². The van der Waals surface area contributed by atoms with Crippen LogP contribution in [0.4, 0.5) is 0 Å². The van der Waals surface area contributed by atoms with E-state index in [1.54, 1.807) is 0 Å². The van der Waals surface area contributed by atoms with Gasteiger partial charge in [0.25, 0.3) is 0 Å². The van der Waals surface area contributed by atoms with Crippen molar-refractivity contribution in [3.63, 3.8) is 0 Å². The molecular formula is C13H19NO2. The molecule has 0 fully saturated rings. The maximum atomic E-state index is 11.4. The maximum absolute atomic E-state index is 11.4. The summed E-state index contributed by atoms with van der Waals surface area (Å²) in [5, 5.41) is 2.90. The van der Waals surface area contributed by atoms with E-state index >= 15 is 0 Å². The van der Waals surface area contributed by atoms with Crippen molar-refractivity contribution < 1.29 is 9.53 Å². The monoisotopic (exact) mass is 221 g/mol. The van der Waals surface area contributed by atoms with Gasteiger partial charge >= 0.3 is 0 Å². The predicted octanol–water partition coefficient (Wildman–Crippen LogP) is 2.37. The highest BCUT2D eigenvalue weighted by atomic mass is 16.5. The van der Waals surface area contributed by atoms with Crippen LogP contribution in [-0.4, -0.2) is 18.6 Å². The third-order valence-corrected chi connectivity index (χ3v) is 2.36. The summed E-state index contributed by atoms with van der Waals surface area (Å²) >= 11 is 0. The third kappa shape index (κ3) is 4.82. The fourth-order valence-electron chi connectivity index (χ4n) is 1.23. The van der Waals surface area contributed by atoms with Gasteiger partial charge in [0.2, 0.25) is 5.91 Å². The molecule has 0 aromatic heterocycles. The van der Waals surface area contributed by atoms with Crippen LogP contribution >= 0.6 is 0 Å². The Morgan fingerprint density at radius 1 is 1.38 bits per heavy atom. The van der Waals surface area contributed by atoms with E-state index in [1.165, 1.54) is 0 Å². The number of benzene rings is 1. The Kier molecular flexibility index (Phi) is 5.40. The van der Waals surface area contributed by atoms with E-state index in [9.17, 15) is 4.79 Å². The molecule has 1 N–H and O–H groups in total. The molecule has 0 aliphatic rings. The van der Waals surface area contributed by atoms with Crippen molar-refractivity contribution in [3.8, 4) is 5.75 Å². The molecule has 3 nitrogen and oxygen atoms in total. The lowest BCUT2D eigenvalue weighted by Crippen LogP contribution is -2.32. The zero-order chi connectivity index (χ0) is 11.8. The number of para-hydroxylation sites is 1. The van der Waals surface area contributed by atoms with Gasteiger partial charge in [0.1, 0.15) is 5.75 Å². The van der Waals surface area contributed by atoms with Gasteiger partial charge in [-0.1, -0.05) is 25.1 Å². The molecule has 1 amide bonds. The first kappa shape index (κ1) is 12.6. The Bertz CT molecular complexity index is 311. The molecule has 0 saturated heterocycles. The van der Waals surface area contributed by atoms with Crippen molar-refractivity contribution in [1.29, 1.82) is 0 Å². The molecule has 88 valence electrons. The fourth-order valence-corrected chi connectivity index (χ4v) is 1.23. The number of carbonyl (C=O) groups is 1. The number of carbonyl (C=O) groups excluding carboxylic acids is 1. The molecule has 0 heterocycles. The molecule has 1 unspecified atom stereocenters. The molecule has 0 aliphatic heterocycles. The maximum Gasteiger partial charge on any atom is 0.223 e. The second kappa shape index (κ2) is 6.88. The average molecular weight is 221 g/mol. The summed E-state index contributed by atoms with van der Waals surface area (Å²) in [6, 6.07) is 9.76. The van der Waals surface area contributed by atoms with Crippen LogP contribution in [0.3, 0.4) is 0 Å². The molecule has 1 aromatic carbocycles. The van der Waals surface area contributed by atoms with E-state index in [0.29, 0.717) is 13.0 Å². The van der Waals surface area contributed by atoms with Crippen molar-refractivity contribution in [3.05, 3.63) is 30.3 Å². The largest absolute Gasteiger partial charge is 0.493 e. The Balaban J connectivity index is 2.18. The zero-order valence-corrected chi connectivity index (χ0v) is 9.90. The third-order valence-electron chi connectivity index (χ3n) is 2.36. The Labute approximate surface area is 96.8 Å². The highest BCUT2D eigenvalue weighted by Crippen LogP contribution is 2.08. The van der Waals surface area contributed by atoms with Gasteiger partial charge in [-0.2, -0.15) is 0 Å². The van der Waals surface area contributed by atoms with Crippen LogP contribution in [0.1, 0.15) is 26.7 Å². The first-order valence-electron chi connectivity index (χ1n) is 5.69. The Hall–Kier alpha value is -1.51. The second-order valence-electron chi connectivity index (χ2n) is 3.79. The van der Waals surface area contributed by atoms with E-state index in [1.807, 2.05) is 44.2 Å². The molecule has 0 bridgehead atoms. The number of ether oxygens (including phenoxy) is 1. The fraction of sp³-hybridized carbons (Fsp3) is 0.462. The number of rotatable bonds is 6. The number of hydrogen-bond acceptors (Lipinski definition) is 2. The molecule has 0 spiro atoms. The van der Waals surface area contributed by atoms with E-state index in [4.69, 9.17) is 4.74 Å². The van der Waals surface area contributed by atoms with Crippen LogP contribution in [0.5, 0.6) is 5.75 Å². The smallest absolute Gasteiger partial charge is 0.223 e. The lowest BCUT2D eigenvalue weighted by molar-refractivity contribution is -0.122. The minimum atomic E-state index is 0.0466. The summed E-state index contributed by atoms with van der Waals surface area (Å²) in [5.41, 5.74) is 0. The molecule has 16 heavy (non-hydrogen) atoms. The molecular weight excluding hydrogens is 202 g/mol. The quantitative estimate of drug-likeness (QED) is 0.801. The lowest BCUT2D eigenvalue weighted by atomic mass is 10.2. The van der Waals surface area contributed by atoms with Crippen molar-refractivity contribution in [2.45, 2.75) is 32.7 Å². The minimum Gasteiger partial charge on any atom is -0.493 e. The van der Waals surface area contributed by atoms with Crippen LogP contribution in [0, 0.1) is 0 Å². The standard InChI is InChI=1S/C13H19NO2/c1-3-11(2)14-13(15)9-10-16-12-7-5-4-6-8-12/h4-8,11H,3,9-10H2,1-2H3,(H,14,15). The van der Waals surface area contributed by atoms with Gasteiger partial charge < -0.3 is 10.1 Å². The normalized spacial score (nSPS) is 11.9. The summed E-state index contributed by atoms with van der Waals surface area (Å²) in [6.07, 6.45) is 1.35. The predicted molar refractivity (Wildman–Crippen MR) is 64.4 cm³/mol. The molecule has 1 rings (SSSR count). The molecule has 3 heteroatoms. The zero-order valence-electron chi connectivity index (χ0n) is 9.90. The lowest BCUT2D eigenvalue weighted by Gasteiger charge is -2.11. The topological polar surface area (TPSA) is 38.3 Å². The summed E-state index contributed by atoms with van der Waals surface area (Å²) in [7, 11) is 0. The number of hydrogen-bond donors (Lipinski definition) is 1. The molecule has 0 radical (unpaired) electrons. The molecule has 0 aliphatic carbocycles. The Morgan fingerprint density at radius 2 is 2.06 bits per heavy atom. The van der Waals surface area contributed by atoms with E-state index in [-0.39, 0.29) is 11.9 Å². The average Bonchev–Trinajstić information content (AvgIpc) is 2.30. The Morgan fingerprint density at radius 3 is 2.69 bits per heavy atom. The molecule has 1 aromatic rings. The summed E-state index contributed by atoms with van der Waals surface area (Å²) in [4.78, 5) is 11.4. The first-order chi connectivity index (χ1) is 7.72. The van der Waals surface area contributed by atoms with Crippen LogP contribution in [0.15, 0.2) is 30.3 Å². The van der Waals surface area contributed by atoms with Crippen LogP contribution in [-0.2, 0) is 4.79 Å². The highest BCUT2D eigenvalue weighted by Gasteiger charge is 2.05. The van der Waals surface area contributed by atoms with E-state index in [0.717, 1.165) is 12.2 Å². The summed E-state index contributed by atoms with van der Waals surface area (Å²) in [6.45, 7) is 4.47. The number of nitrogens with one attached hydrogen (secondary N) is 1. The van der Waals surface area contributed by atoms with Crippen molar-refractivity contribution in [1.82, 2.24) is 5.32 Å². The minimum absolute atomic E-state index is 0.0466.